The third kappa shape index (κ3) is 3.18. The maximum absolute atomic E-state index is 10.9. The summed E-state index contributed by atoms with van der Waals surface area (Å²) in [5.74, 6) is -0.906. The number of hydrogen-bond acceptors (Lipinski definition) is 2. The summed E-state index contributed by atoms with van der Waals surface area (Å²) >= 11 is 0. The number of carbonyl (C=O) groups is 1. The molecule has 0 heterocycles. The van der Waals surface area contributed by atoms with Crippen molar-refractivity contribution in [2.24, 2.45) is 0 Å². The van der Waals surface area contributed by atoms with E-state index in [-0.39, 0.29) is 0 Å². The number of benzene rings is 2. The molecule has 0 saturated heterocycles. The molecule has 0 saturated carbocycles. The number of anilines is 1. The van der Waals surface area contributed by atoms with Crippen LogP contribution in [0.25, 0.3) is 0 Å². The highest BCUT2D eigenvalue weighted by Gasteiger charge is 2.05. The SMILES string of the molecule is Cc1cc(C)c(CNc2cccc(C(=O)O)c2)cc1C. The molecule has 0 aliphatic carbocycles. The predicted molar refractivity (Wildman–Crippen MR) is 81.4 cm³/mol. The number of carboxylic acid groups (broad SMARTS) is 1. The second-order valence-electron chi connectivity index (χ2n) is 5.10. The normalized spacial score (nSPS) is 10.3. The lowest BCUT2D eigenvalue weighted by Crippen LogP contribution is -2.04. The van der Waals surface area contributed by atoms with Crippen molar-refractivity contribution >= 4 is 11.7 Å². The molecule has 0 aliphatic heterocycles. The predicted octanol–water partition coefficient (Wildman–Crippen LogP) is 3.92. The fourth-order valence-corrected chi connectivity index (χ4v) is 2.17. The second kappa shape index (κ2) is 5.78. The number of carboxylic acids is 1. The van der Waals surface area contributed by atoms with Crippen LogP contribution in [0.4, 0.5) is 5.69 Å². The minimum absolute atomic E-state index is 0.298. The van der Waals surface area contributed by atoms with Crippen LogP contribution < -0.4 is 5.32 Å². The van der Waals surface area contributed by atoms with E-state index in [2.05, 4.69) is 38.2 Å². The van der Waals surface area contributed by atoms with Gasteiger partial charge in [0, 0.05) is 12.2 Å². The molecule has 20 heavy (non-hydrogen) atoms. The minimum atomic E-state index is -0.906. The van der Waals surface area contributed by atoms with Crippen LogP contribution in [0.2, 0.25) is 0 Å². The van der Waals surface area contributed by atoms with Crippen molar-refractivity contribution in [3.05, 3.63) is 64.2 Å². The molecular formula is C17H19NO2. The van der Waals surface area contributed by atoms with E-state index < -0.39 is 5.97 Å². The molecule has 0 amide bonds. The van der Waals surface area contributed by atoms with Crippen molar-refractivity contribution in [3.63, 3.8) is 0 Å². The quantitative estimate of drug-likeness (QED) is 0.884. The van der Waals surface area contributed by atoms with Gasteiger partial charge in [0.25, 0.3) is 0 Å². The smallest absolute Gasteiger partial charge is 0.335 e. The molecular weight excluding hydrogens is 250 g/mol. The fraction of sp³-hybridized carbons (Fsp3) is 0.235. The molecule has 0 aliphatic rings. The Morgan fingerprint density at radius 1 is 1.05 bits per heavy atom. The zero-order chi connectivity index (χ0) is 14.7. The topological polar surface area (TPSA) is 49.3 Å². The second-order valence-corrected chi connectivity index (χ2v) is 5.10. The van der Waals surface area contributed by atoms with Gasteiger partial charge in [-0.1, -0.05) is 18.2 Å². The zero-order valence-electron chi connectivity index (χ0n) is 12.0. The Morgan fingerprint density at radius 2 is 1.75 bits per heavy atom. The highest BCUT2D eigenvalue weighted by Crippen LogP contribution is 2.18. The lowest BCUT2D eigenvalue weighted by Gasteiger charge is -2.12. The van der Waals surface area contributed by atoms with Crippen molar-refractivity contribution in [2.75, 3.05) is 5.32 Å². The van der Waals surface area contributed by atoms with E-state index in [0.717, 1.165) is 5.69 Å². The number of aryl methyl sites for hydroxylation is 3. The van der Waals surface area contributed by atoms with Crippen molar-refractivity contribution in [3.8, 4) is 0 Å². The van der Waals surface area contributed by atoms with Crippen molar-refractivity contribution < 1.29 is 9.90 Å². The van der Waals surface area contributed by atoms with Gasteiger partial charge >= 0.3 is 5.97 Å². The van der Waals surface area contributed by atoms with Gasteiger partial charge in [-0.2, -0.15) is 0 Å². The first-order valence-electron chi connectivity index (χ1n) is 6.61. The van der Waals surface area contributed by atoms with Crippen LogP contribution in [0.5, 0.6) is 0 Å². The highest BCUT2D eigenvalue weighted by molar-refractivity contribution is 5.88. The largest absolute Gasteiger partial charge is 0.478 e. The molecule has 0 fully saturated rings. The summed E-state index contributed by atoms with van der Waals surface area (Å²) in [6, 6.07) is 11.2. The molecule has 0 spiro atoms. The van der Waals surface area contributed by atoms with Crippen molar-refractivity contribution in [2.45, 2.75) is 27.3 Å². The summed E-state index contributed by atoms with van der Waals surface area (Å²) < 4.78 is 0. The van der Waals surface area contributed by atoms with Crippen LogP contribution in [-0.4, -0.2) is 11.1 Å². The van der Waals surface area contributed by atoms with Gasteiger partial charge in [-0.05, 0) is 61.2 Å². The van der Waals surface area contributed by atoms with Crippen LogP contribution in [0.3, 0.4) is 0 Å². The summed E-state index contributed by atoms with van der Waals surface area (Å²) in [4.78, 5) is 10.9. The summed E-state index contributed by atoms with van der Waals surface area (Å²) in [6.07, 6.45) is 0. The first-order valence-corrected chi connectivity index (χ1v) is 6.61. The zero-order valence-corrected chi connectivity index (χ0v) is 12.0. The van der Waals surface area contributed by atoms with E-state index in [0.29, 0.717) is 12.1 Å². The molecule has 2 N–H and O–H groups in total. The average molecular weight is 269 g/mol. The van der Waals surface area contributed by atoms with Gasteiger partial charge in [0.2, 0.25) is 0 Å². The van der Waals surface area contributed by atoms with Crippen molar-refractivity contribution in [1.82, 2.24) is 0 Å². The van der Waals surface area contributed by atoms with E-state index in [1.807, 2.05) is 6.07 Å². The van der Waals surface area contributed by atoms with Gasteiger partial charge in [0.15, 0.2) is 0 Å². The van der Waals surface area contributed by atoms with Crippen LogP contribution in [-0.2, 0) is 6.54 Å². The molecule has 0 bridgehead atoms. The molecule has 0 aromatic heterocycles. The molecule has 3 nitrogen and oxygen atoms in total. The Bertz CT molecular complexity index is 647. The number of aromatic carboxylic acids is 1. The minimum Gasteiger partial charge on any atom is -0.478 e. The Labute approximate surface area is 119 Å². The molecule has 2 aromatic carbocycles. The lowest BCUT2D eigenvalue weighted by molar-refractivity contribution is 0.0697. The van der Waals surface area contributed by atoms with Crippen LogP contribution in [0.15, 0.2) is 36.4 Å². The third-order valence-corrected chi connectivity index (χ3v) is 3.54. The maximum Gasteiger partial charge on any atom is 0.335 e. The Morgan fingerprint density at radius 3 is 2.45 bits per heavy atom. The van der Waals surface area contributed by atoms with Crippen LogP contribution in [0.1, 0.15) is 32.6 Å². The highest BCUT2D eigenvalue weighted by atomic mass is 16.4. The van der Waals surface area contributed by atoms with Crippen LogP contribution in [0, 0.1) is 20.8 Å². The third-order valence-electron chi connectivity index (χ3n) is 3.54. The summed E-state index contributed by atoms with van der Waals surface area (Å²) in [6.45, 7) is 6.99. The Balaban J connectivity index is 2.15. The molecule has 0 radical (unpaired) electrons. The standard InChI is InChI=1S/C17H19NO2/c1-11-7-13(3)15(8-12(11)2)10-18-16-6-4-5-14(9-16)17(19)20/h4-9,18H,10H2,1-3H3,(H,19,20). The monoisotopic (exact) mass is 269 g/mol. The maximum atomic E-state index is 10.9. The first-order chi connectivity index (χ1) is 9.47. The average Bonchev–Trinajstić information content (AvgIpc) is 2.41. The van der Waals surface area contributed by atoms with E-state index in [9.17, 15) is 4.79 Å². The fourth-order valence-electron chi connectivity index (χ4n) is 2.17. The summed E-state index contributed by atoms with van der Waals surface area (Å²) in [5.41, 5.74) is 6.16. The lowest BCUT2D eigenvalue weighted by atomic mass is 10.0. The molecule has 104 valence electrons. The number of rotatable bonds is 4. The molecule has 2 rings (SSSR count). The van der Waals surface area contributed by atoms with E-state index in [4.69, 9.17) is 5.11 Å². The van der Waals surface area contributed by atoms with E-state index >= 15 is 0 Å². The van der Waals surface area contributed by atoms with Gasteiger partial charge in [-0.3, -0.25) is 0 Å². The van der Waals surface area contributed by atoms with Crippen LogP contribution >= 0.6 is 0 Å². The van der Waals surface area contributed by atoms with Gasteiger partial charge in [-0.15, -0.1) is 0 Å². The van der Waals surface area contributed by atoms with Gasteiger partial charge < -0.3 is 10.4 Å². The molecule has 0 atom stereocenters. The summed E-state index contributed by atoms with van der Waals surface area (Å²) in [5, 5.41) is 12.3. The van der Waals surface area contributed by atoms with Gasteiger partial charge in [0.1, 0.15) is 0 Å². The summed E-state index contributed by atoms with van der Waals surface area (Å²) in [7, 11) is 0. The molecule has 0 unspecified atom stereocenters. The van der Waals surface area contributed by atoms with Gasteiger partial charge in [-0.25, -0.2) is 4.79 Å². The van der Waals surface area contributed by atoms with Crippen molar-refractivity contribution in [1.29, 1.82) is 0 Å². The molecule has 3 heteroatoms. The molecule has 2 aromatic rings. The number of nitrogens with one attached hydrogen (secondary N) is 1. The van der Waals surface area contributed by atoms with E-state index in [1.165, 1.54) is 22.3 Å². The van der Waals surface area contributed by atoms with E-state index in [1.54, 1.807) is 18.2 Å². The van der Waals surface area contributed by atoms with Gasteiger partial charge in [0.05, 0.1) is 5.56 Å². The Kier molecular flexibility index (Phi) is 4.08. The first kappa shape index (κ1) is 14.1. The number of hydrogen-bond donors (Lipinski definition) is 2. The Hall–Kier alpha value is -2.29.